The molecule has 0 radical (unpaired) electrons. The van der Waals surface area contributed by atoms with Crippen LogP contribution in [0, 0.1) is 5.82 Å². The van der Waals surface area contributed by atoms with Crippen molar-refractivity contribution in [2.75, 3.05) is 10.6 Å². The van der Waals surface area contributed by atoms with Gasteiger partial charge in [0.15, 0.2) is 17.3 Å². The highest BCUT2D eigenvalue weighted by Crippen LogP contribution is 2.41. The van der Waals surface area contributed by atoms with Gasteiger partial charge < -0.3 is 15.0 Å². The fraction of sp³-hybridized carbons (Fsp3) is 0.333. The van der Waals surface area contributed by atoms with Crippen molar-refractivity contribution in [3.63, 3.8) is 0 Å². The van der Waals surface area contributed by atoms with Crippen LogP contribution in [-0.4, -0.2) is 37.0 Å². The number of amides is 1. The molecule has 0 bridgehead atoms. The molecule has 3 N–H and O–H groups in total. The number of fused-ring (bicyclic) bond motifs is 2. The zero-order valence-electron chi connectivity index (χ0n) is 16.7. The Morgan fingerprint density at radius 1 is 1.19 bits per heavy atom. The van der Waals surface area contributed by atoms with E-state index in [1.165, 1.54) is 25.5 Å². The molecule has 0 atom stereocenters. The smallest absolute Gasteiger partial charge is 0.212 e. The lowest BCUT2D eigenvalue weighted by Crippen LogP contribution is -2.27. The monoisotopic (exact) mass is 441 g/mol. The summed E-state index contributed by atoms with van der Waals surface area (Å²) in [5.41, 5.74) is 2.35. The lowest BCUT2D eigenvalue weighted by molar-refractivity contribution is -0.105. The first-order valence-electron chi connectivity index (χ1n) is 10.3. The molecular weight excluding hydrogens is 421 g/mol. The normalized spacial score (nSPS) is 15.3. The number of nitrogens with one attached hydrogen (secondary N) is 3. The van der Waals surface area contributed by atoms with Gasteiger partial charge in [0.1, 0.15) is 0 Å². The fourth-order valence-electron chi connectivity index (χ4n) is 3.41. The van der Waals surface area contributed by atoms with Gasteiger partial charge in [-0.1, -0.05) is 30.9 Å². The SMILES string of the molecule is C1CC1.O=CNc1cn2cc(-c3c(Cl)c(F)c(NC4CCC4)c4[nH]ncc34)ncc2n1. The minimum atomic E-state index is -0.531. The molecule has 2 saturated carbocycles. The zero-order chi connectivity index (χ0) is 21.4. The lowest BCUT2D eigenvalue weighted by atomic mass is 9.92. The summed E-state index contributed by atoms with van der Waals surface area (Å²) in [6, 6.07) is 0.243. The number of hydrogen-bond acceptors (Lipinski definition) is 5. The summed E-state index contributed by atoms with van der Waals surface area (Å²) in [6.45, 7) is 0. The highest BCUT2D eigenvalue weighted by Gasteiger charge is 2.25. The van der Waals surface area contributed by atoms with Gasteiger partial charge in [0.05, 0.1) is 40.5 Å². The number of nitrogens with zero attached hydrogens (tertiary/aromatic N) is 4. The molecule has 3 heterocycles. The molecule has 0 saturated heterocycles. The molecule has 0 unspecified atom stereocenters. The molecule has 10 heteroatoms. The van der Waals surface area contributed by atoms with E-state index >= 15 is 4.39 Å². The van der Waals surface area contributed by atoms with E-state index in [2.05, 4.69) is 30.8 Å². The van der Waals surface area contributed by atoms with Gasteiger partial charge in [0.2, 0.25) is 6.41 Å². The molecule has 4 aromatic rings. The van der Waals surface area contributed by atoms with E-state index in [4.69, 9.17) is 11.6 Å². The van der Waals surface area contributed by atoms with E-state index in [1.807, 2.05) is 0 Å². The van der Waals surface area contributed by atoms with Crippen molar-refractivity contribution >= 4 is 46.1 Å². The molecular formula is C21H21ClFN7O. The molecule has 2 aliphatic rings. The summed E-state index contributed by atoms with van der Waals surface area (Å²) in [6.07, 6.45) is 14.7. The standard InChI is InChI=1S/C18H15ClFN7O.C3H6/c19-15-14(11-6-27-7-12(22-8-28)25-13(27)5-21-11)10-4-23-26-17(10)18(16(15)20)24-9-2-1-3-9;1-2-3-1/h4-9,24H,1-3H2,(H,22,28)(H,23,26);1-3H2. The highest BCUT2D eigenvalue weighted by molar-refractivity contribution is 6.35. The van der Waals surface area contributed by atoms with Crippen LogP contribution in [0.3, 0.4) is 0 Å². The van der Waals surface area contributed by atoms with Crippen molar-refractivity contribution < 1.29 is 9.18 Å². The predicted octanol–water partition coefficient (Wildman–Crippen LogP) is 4.77. The average molecular weight is 442 g/mol. The molecule has 1 aromatic carbocycles. The van der Waals surface area contributed by atoms with Gasteiger partial charge in [-0.3, -0.25) is 14.9 Å². The molecule has 0 aliphatic heterocycles. The fourth-order valence-corrected chi connectivity index (χ4v) is 3.71. The Hall–Kier alpha value is -3.20. The van der Waals surface area contributed by atoms with E-state index in [9.17, 15) is 4.79 Å². The number of imidazole rings is 1. The first-order chi connectivity index (χ1) is 15.2. The molecule has 160 valence electrons. The lowest BCUT2D eigenvalue weighted by Gasteiger charge is -2.28. The summed E-state index contributed by atoms with van der Waals surface area (Å²) < 4.78 is 16.8. The van der Waals surface area contributed by atoms with Crippen LogP contribution >= 0.6 is 11.6 Å². The van der Waals surface area contributed by atoms with Crippen molar-refractivity contribution in [3.05, 3.63) is 35.6 Å². The van der Waals surface area contributed by atoms with Gasteiger partial charge in [0.25, 0.3) is 0 Å². The predicted molar refractivity (Wildman–Crippen MR) is 118 cm³/mol. The van der Waals surface area contributed by atoms with Gasteiger partial charge in [-0.15, -0.1) is 0 Å². The number of halogens is 2. The van der Waals surface area contributed by atoms with Crippen LogP contribution < -0.4 is 10.6 Å². The van der Waals surface area contributed by atoms with Crippen molar-refractivity contribution in [1.82, 2.24) is 24.6 Å². The largest absolute Gasteiger partial charge is 0.378 e. The summed E-state index contributed by atoms with van der Waals surface area (Å²) >= 11 is 6.44. The highest BCUT2D eigenvalue weighted by atomic mass is 35.5. The second-order valence-corrected chi connectivity index (χ2v) is 8.17. The van der Waals surface area contributed by atoms with E-state index in [0.717, 1.165) is 19.3 Å². The Morgan fingerprint density at radius 2 is 2.00 bits per heavy atom. The minimum Gasteiger partial charge on any atom is -0.378 e. The van der Waals surface area contributed by atoms with Crippen LogP contribution in [-0.2, 0) is 4.79 Å². The van der Waals surface area contributed by atoms with E-state index in [0.29, 0.717) is 45.7 Å². The van der Waals surface area contributed by atoms with E-state index in [-0.39, 0.29) is 11.1 Å². The number of aromatic amines is 1. The van der Waals surface area contributed by atoms with Gasteiger partial charge in [0, 0.05) is 23.2 Å². The van der Waals surface area contributed by atoms with Crippen LogP contribution in [0.25, 0.3) is 27.8 Å². The third kappa shape index (κ3) is 3.81. The van der Waals surface area contributed by atoms with Crippen LogP contribution in [0.5, 0.6) is 0 Å². The van der Waals surface area contributed by atoms with Gasteiger partial charge in [-0.05, 0) is 19.3 Å². The maximum Gasteiger partial charge on any atom is 0.212 e. The average Bonchev–Trinajstić information content (AvgIpc) is 3.45. The summed E-state index contributed by atoms with van der Waals surface area (Å²) in [5, 5.41) is 13.3. The molecule has 31 heavy (non-hydrogen) atoms. The number of rotatable bonds is 5. The van der Waals surface area contributed by atoms with Crippen LogP contribution in [0.2, 0.25) is 5.02 Å². The van der Waals surface area contributed by atoms with Gasteiger partial charge in [-0.25, -0.2) is 9.37 Å². The second kappa shape index (κ2) is 8.14. The summed E-state index contributed by atoms with van der Waals surface area (Å²) in [4.78, 5) is 19.2. The van der Waals surface area contributed by atoms with Crippen LogP contribution in [0.15, 0.2) is 24.8 Å². The Labute approximate surface area is 182 Å². The van der Waals surface area contributed by atoms with Crippen LogP contribution in [0.1, 0.15) is 38.5 Å². The molecule has 1 amide bonds. The number of anilines is 2. The first kappa shape index (κ1) is 19.7. The van der Waals surface area contributed by atoms with Crippen LogP contribution in [0.4, 0.5) is 15.9 Å². The van der Waals surface area contributed by atoms with Gasteiger partial charge in [-0.2, -0.15) is 5.10 Å². The third-order valence-corrected chi connectivity index (χ3v) is 5.76. The number of hydrogen-bond donors (Lipinski definition) is 3. The molecule has 0 spiro atoms. The van der Waals surface area contributed by atoms with Crippen molar-refractivity contribution in [3.8, 4) is 11.3 Å². The summed E-state index contributed by atoms with van der Waals surface area (Å²) in [5.74, 6) is -0.143. The maximum absolute atomic E-state index is 15.2. The number of carbonyl (C=O) groups is 1. The van der Waals surface area contributed by atoms with E-state index < -0.39 is 5.82 Å². The Kier molecular flexibility index (Phi) is 5.19. The van der Waals surface area contributed by atoms with Gasteiger partial charge >= 0.3 is 0 Å². The molecule has 6 rings (SSSR count). The molecule has 3 aromatic heterocycles. The number of benzene rings is 1. The Morgan fingerprint density at radius 3 is 2.68 bits per heavy atom. The Bertz CT molecular complexity index is 1260. The number of aromatic nitrogens is 5. The van der Waals surface area contributed by atoms with E-state index in [1.54, 1.807) is 23.0 Å². The first-order valence-corrected chi connectivity index (χ1v) is 10.7. The van der Waals surface area contributed by atoms with Crippen molar-refractivity contribution in [2.45, 2.75) is 44.6 Å². The Balaban J connectivity index is 0.000000628. The maximum atomic E-state index is 15.2. The number of carbonyl (C=O) groups excluding carboxylic acids is 1. The van der Waals surface area contributed by atoms with Crippen molar-refractivity contribution in [1.29, 1.82) is 0 Å². The topological polar surface area (TPSA) is 100 Å². The van der Waals surface area contributed by atoms with Crippen molar-refractivity contribution in [2.24, 2.45) is 0 Å². The molecule has 2 fully saturated rings. The molecule has 8 nitrogen and oxygen atoms in total. The third-order valence-electron chi connectivity index (χ3n) is 5.40. The minimum absolute atomic E-state index is 0.0195. The number of H-pyrrole nitrogens is 1. The quantitative estimate of drug-likeness (QED) is 0.387. The molecule has 2 aliphatic carbocycles. The zero-order valence-corrected chi connectivity index (χ0v) is 17.4. The summed E-state index contributed by atoms with van der Waals surface area (Å²) in [7, 11) is 0. The second-order valence-electron chi connectivity index (χ2n) is 7.80.